The van der Waals surface area contributed by atoms with Crippen LogP contribution in [-0.2, 0) is 11.3 Å². The summed E-state index contributed by atoms with van der Waals surface area (Å²) < 4.78 is 5.12. The minimum Gasteiger partial charge on any atom is -0.497 e. The predicted molar refractivity (Wildman–Crippen MR) is 94.1 cm³/mol. The van der Waals surface area contributed by atoms with Crippen LogP contribution in [0.2, 0.25) is 0 Å². The van der Waals surface area contributed by atoms with E-state index >= 15 is 0 Å². The highest BCUT2D eigenvalue weighted by Gasteiger charge is 2.09. The molecule has 0 saturated carbocycles. The average Bonchev–Trinajstić information content (AvgIpc) is 2.60. The van der Waals surface area contributed by atoms with Crippen molar-refractivity contribution in [1.82, 2.24) is 4.90 Å². The number of benzene rings is 2. The molecule has 118 valence electrons. The second kappa shape index (κ2) is 8.59. The Labute approximate surface area is 137 Å². The third-order valence-corrected chi connectivity index (χ3v) is 3.41. The number of amides is 1. The summed E-state index contributed by atoms with van der Waals surface area (Å²) in [5, 5.41) is 0. The topological polar surface area (TPSA) is 29.5 Å². The second-order valence-electron chi connectivity index (χ2n) is 5.10. The van der Waals surface area contributed by atoms with Crippen LogP contribution in [0.15, 0.2) is 73.3 Å². The normalized spacial score (nSPS) is 10.5. The summed E-state index contributed by atoms with van der Waals surface area (Å²) in [4.78, 5) is 14.2. The lowest BCUT2D eigenvalue weighted by Crippen LogP contribution is -2.29. The monoisotopic (exact) mass is 307 g/mol. The zero-order chi connectivity index (χ0) is 16.5. The van der Waals surface area contributed by atoms with Crippen molar-refractivity contribution in [3.8, 4) is 5.75 Å². The van der Waals surface area contributed by atoms with Gasteiger partial charge in [-0.1, -0.05) is 48.5 Å². The molecule has 0 aromatic heterocycles. The number of hydrogen-bond donors (Lipinski definition) is 0. The molecule has 0 unspecified atom stereocenters. The van der Waals surface area contributed by atoms with Gasteiger partial charge in [0.05, 0.1) is 7.11 Å². The van der Waals surface area contributed by atoms with E-state index < -0.39 is 0 Å². The number of ether oxygens (including phenoxy) is 1. The number of nitrogens with zero attached hydrogens (tertiary/aromatic N) is 1. The summed E-state index contributed by atoms with van der Waals surface area (Å²) in [7, 11) is 1.63. The molecule has 0 atom stereocenters. The third-order valence-electron chi connectivity index (χ3n) is 3.41. The van der Waals surface area contributed by atoms with Crippen molar-refractivity contribution in [1.29, 1.82) is 0 Å². The molecule has 0 aliphatic carbocycles. The van der Waals surface area contributed by atoms with Gasteiger partial charge in [0.2, 0.25) is 5.91 Å². The highest BCUT2D eigenvalue weighted by Crippen LogP contribution is 2.13. The van der Waals surface area contributed by atoms with Crippen molar-refractivity contribution < 1.29 is 9.53 Å². The van der Waals surface area contributed by atoms with Crippen LogP contribution < -0.4 is 4.74 Å². The van der Waals surface area contributed by atoms with Crippen LogP contribution >= 0.6 is 0 Å². The first-order valence-electron chi connectivity index (χ1n) is 7.49. The van der Waals surface area contributed by atoms with Gasteiger partial charge in [0.25, 0.3) is 0 Å². The van der Waals surface area contributed by atoms with E-state index in [1.807, 2.05) is 60.7 Å². The largest absolute Gasteiger partial charge is 0.497 e. The first kappa shape index (κ1) is 16.6. The zero-order valence-electron chi connectivity index (χ0n) is 13.3. The Bertz CT molecular complexity index is 660. The van der Waals surface area contributed by atoms with Gasteiger partial charge in [-0.15, -0.1) is 6.58 Å². The lowest BCUT2D eigenvalue weighted by atomic mass is 10.2. The first-order valence-corrected chi connectivity index (χ1v) is 7.49. The Balaban J connectivity index is 2.04. The van der Waals surface area contributed by atoms with Gasteiger partial charge < -0.3 is 9.64 Å². The van der Waals surface area contributed by atoms with E-state index in [1.54, 1.807) is 24.2 Å². The lowest BCUT2D eigenvalue weighted by molar-refractivity contribution is -0.126. The molecular weight excluding hydrogens is 286 g/mol. The molecule has 1 amide bonds. The fourth-order valence-electron chi connectivity index (χ4n) is 2.18. The van der Waals surface area contributed by atoms with E-state index in [0.29, 0.717) is 13.1 Å². The summed E-state index contributed by atoms with van der Waals surface area (Å²) in [6.45, 7) is 4.81. The molecular formula is C20H21NO2. The number of carbonyl (C=O) groups is 1. The summed E-state index contributed by atoms with van der Waals surface area (Å²) >= 11 is 0. The smallest absolute Gasteiger partial charge is 0.247 e. The van der Waals surface area contributed by atoms with Crippen LogP contribution in [0.25, 0.3) is 6.08 Å². The molecule has 0 N–H and O–H groups in total. The molecule has 0 spiro atoms. The minimum atomic E-state index is -0.0374. The molecule has 3 heteroatoms. The van der Waals surface area contributed by atoms with Crippen LogP contribution in [0.1, 0.15) is 11.1 Å². The van der Waals surface area contributed by atoms with Crippen molar-refractivity contribution in [2.75, 3.05) is 13.7 Å². The summed E-state index contributed by atoms with van der Waals surface area (Å²) in [5.74, 6) is 0.760. The molecule has 2 rings (SSSR count). The molecule has 0 saturated heterocycles. The number of hydrogen-bond acceptors (Lipinski definition) is 2. The van der Waals surface area contributed by atoms with Gasteiger partial charge in [0.1, 0.15) is 5.75 Å². The molecule has 0 bridgehead atoms. The van der Waals surface area contributed by atoms with Crippen molar-refractivity contribution in [3.05, 3.63) is 84.5 Å². The quantitative estimate of drug-likeness (QED) is 0.573. The van der Waals surface area contributed by atoms with Crippen molar-refractivity contribution >= 4 is 12.0 Å². The predicted octanol–water partition coefficient (Wildman–Crippen LogP) is 3.92. The van der Waals surface area contributed by atoms with Gasteiger partial charge >= 0.3 is 0 Å². The maximum absolute atomic E-state index is 12.4. The van der Waals surface area contributed by atoms with E-state index in [1.165, 1.54) is 0 Å². The van der Waals surface area contributed by atoms with E-state index in [0.717, 1.165) is 16.9 Å². The highest BCUT2D eigenvalue weighted by atomic mass is 16.5. The standard InChI is InChI=1S/C20H21NO2/c1-3-15-21(16-18-7-5-4-6-8-18)20(22)14-11-17-9-12-19(23-2)13-10-17/h3-14H,1,15-16H2,2H3/b14-11-. The average molecular weight is 307 g/mol. The molecule has 0 aliphatic rings. The molecule has 0 radical (unpaired) electrons. The van der Waals surface area contributed by atoms with Gasteiger partial charge in [0, 0.05) is 19.2 Å². The first-order chi connectivity index (χ1) is 11.2. The number of rotatable bonds is 7. The maximum Gasteiger partial charge on any atom is 0.247 e. The molecule has 2 aromatic carbocycles. The van der Waals surface area contributed by atoms with Crippen LogP contribution in [0.3, 0.4) is 0 Å². The van der Waals surface area contributed by atoms with Crippen molar-refractivity contribution in [2.24, 2.45) is 0 Å². The van der Waals surface area contributed by atoms with Gasteiger partial charge in [-0.2, -0.15) is 0 Å². The summed E-state index contributed by atoms with van der Waals surface area (Å²) in [6.07, 6.45) is 5.14. The lowest BCUT2D eigenvalue weighted by Gasteiger charge is -2.19. The fraction of sp³-hybridized carbons (Fsp3) is 0.150. The zero-order valence-corrected chi connectivity index (χ0v) is 13.3. The Hall–Kier alpha value is -2.81. The number of methoxy groups -OCH3 is 1. The van der Waals surface area contributed by atoms with Crippen molar-refractivity contribution in [3.63, 3.8) is 0 Å². The van der Waals surface area contributed by atoms with E-state index in [2.05, 4.69) is 6.58 Å². The van der Waals surface area contributed by atoms with Gasteiger partial charge in [0.15, 0.2) is 0 Å². The van der Waals surface area contributed by atoms with Crippen LogP contribution in [0, 0.1) is 0 Å². The molecule has 0 heterocycles. The van der Waals surface area contributed by atoms with Crippen LogP contribution in [-0.4, -0.2) is 24.5 Å². The minimum absolute atomic E-state index is 0.0374. The van der Waals surface area contributed by atoms with E-state index in [-0.39, 0.29) is 5.91 Å². The van der Waals surface area contributed by atoms with E-state index in [4.69, 9.17) is 4.74 Å². The Morgan fingerprint density at radius 3 is 2.43 bits per heavy atom. The second-order valence-corrected chi connectivity index (χ2v) is 5.10. The molecule has 23 heavy (non-hydrogen) atoms. The fourth-order valence-corrected chi connectivity index (χ4v) is 2.18. The third kappa shape index (κ3) is 5.15. The van der Waals surface area contributed by atoms with E-state index in [9.17, 15) is 4.79 Å². The van der Waals surface area contributed by atoms with Gasteiger partial charge in [-0.3, -0.25) is 4.79 Å². The van der Waals surface area contributed by atoms with Crippen molar-refractivity contribution in [2.45, 2.75) is 6.54 Å². The summed E-state index contributed by atoms with van der Waals surface area (Å²) in [5.41, 5.74) is 2.05. The van der Waals surface area contributed by atoms with Gasteiger partial charge in [-0.25, -0.2) is 0 Å². The SMILES string of the molecule is C=CCN(Cc1ccccc1)C(=O)/C=C\c1ccc(OC)cc1. The molecule has 2 aromatic rings. The highest BCUT2D eigenvalue weighted by molar-refractivity contribution is 5.91. The molecule has 0 fully saturated rings. The maximum atomic E-state index is 12.4. The Morgan fingerprint density at radius 1 is 1.13 bits per heavy atom. The Kier molecular flexibility index (Phi) is 6.18. The van der Waals surface area contributed by atoms with Crippen LogP contribution in [0.4, 0.5) is 0 Å². The Morgan fingerprint density at radius 2 is 1.83 bits per heavy atom. The van der Waals surface area contributed by atoms with Crippen LogP contribution in [0.5, 0.6) is 5.75 Å². The molecule has 3 nitrogen and oxygen atoms in total. The van der Waals surface area contributed by atoms with Gasteiger partial charge in [-0.05, 0) is 29.3 Å². The number of carbonyl (C=O) groups excluding carboxylic acids is 1. The summed E-state index contributed by atoms with van der Waals surface area (Å²) in [6, 6.07) is 17.5. The molecule has 0 aliphatic heterocycles.